The van der Waals surface area contributed by atoms with Crippen LogP contribution in [0.2, 0.25) is 5.02 Å². The van der Waals surface area contributed by atoms with Crippen LogP contribution < -0.4 is 5.32 Å². The van der Waals surface area contributed by atoms with E-state index >= 15 is 0 Å². The maximum absolute atomic E-state index is 12.3. The lowest BCUT2D eigenvalue weighted by atomic mass is 10.1. The van der Waals surface area contributed by atoms with Crippen LogP contribution in [-0.2, 0) is 0 Å². The summed E-state index contributed by atoms with van der Waals surface area (Å²) in [7, 11) is 0. The van der Waals surface area contributed by atoms with Crippen molar-refractivity contribution in [2.75, 3.05) is 39.0 Å². The standard InChI is InChI=1S/C14H19ClN2OS/c1-19-14-3-2-11(15)10-12(14)13(18)4-7-17-8-5-16-6-9-17/h2-3,10,16H,4-9H2,1H3. The fourth-order valence-corrected chi connectivity index (χ4v) is 3.00. The predicted octanol–water partition coefficient (Wildman–Crippen LogP) is 2.54. The topological polar surface area (TPSA) is 32.3 Å². The quantitative estimate of drug-likeness (QED) is 0.669. The number of piperazine rings is 1. The van der Waals surface area contributed by atoms with Gasteiger partial charge in [0.1, 0.15) is 0 Å². The van der Waals surface area contributed by atoms with Crippen LogP contribution in [0.25, 0.3) is 0 Å². The minimum absolute atomic E-state index is 0.186. The second-order valence-electron chi connectivity index (χ2n) is 4.61. The summed E-state index contributed by atoms with van der Waals surface area (Å²) in [4.78, 5) is 15.6. The number of hydrogen-bond acceptors (Lipinski definition) is 4. The van der Waals surface area contributed by atoms with Crippen molar-refractivity contribution >= 4 is 29.1 Å². The van der Waals surface area contributed by atoms with Crippen molar-refractivity contribution in [3.63, 3.8) is 0 Å². The number of halogens is 1. The number of nitrogens with one attached hydrogen (secondary N) is 1. The Morgan fingerprint density at radius 1 is 1.42 bits per heavy atom. The molecule has 0 saturated carbocycles. The Bertz CT molecular complexity index is 447. The summed E-state index contributed by atoms with van der Waals surface area (Å²) in [6, 6.07) is 5.54. The lowest BCUT2D eigenvalue weighted by Gasteiger charge is -2.26. The van der Waals surface area contributed by atoms with Crippen LogP contribution in [0.15, 0.2) is 23.1 Å². The molecule has 0 aliphatic carbocycles. The molecule has 5 heteroatoms. The Labute approximate surface area is 123 Å². The highest BCUT2D eigenvalue weighted by Crippen LogP contribution is 2.25. The molecule has 3 nitrogen and oxygen atoms in total. The van der Waals surface area contributed by atoms with Crippen molar-refractivity contribution in [1.82, 2.24) is 10.2 Å². The zero-order valence-electron chi connectivity index (χ0n) is 11.1. The smallest absolute Gasteiger partial charge is 0.165 e. The second-order valence-corrected chi connectivity index (χ2v) is 5.89. The normalized spacial score (nSPS) is 16.5. The molecule has 0 spiro atoms. The number of carbonyl (C=O) groups is 1. The van der Waals surface area contributed by atoms with E-state index < -0.39 is 0 Å². The van der Waals surface area contributed by atoms with Gasteiger partial charge >= 0.3 is 0 Å². The molecule has 104 valence electrons. The van der Waals surface area contributed by atoms with Crippen LogP contribution in [0.3, 0.4) is 0 Å². The van der Waals surface area contributed by atoms with Gasteiger partial charge in [-0.15, -0.1) is 11.8 Å². The van der Waals surface area contributed by atoms with Crippen LogP contribution in [0.4, 0.5) is 0 Å². The maximum Gasteiger partial charge on any atom is 0.165 e. The number of Topliss-reactive ketones (excluding diaryl/α,β-unsaturated/α-hetero) is 1. The molecule has 1 N–H and O–H groups in total. The summed E-state index contributed by atoms with van der Waals surface area (Å²) < 4.78 is 0. The summed E-state index contributed by atoms with van der Waals surface area (Å²) in [5.74, 6) is 0.186. The average Bonchev–Trinajstić information content (AvgIpc) is 2.46. The highest BCUT2D eigenvalue weighted by molar-refractivity contribution is 7.98. The molecule has 2 rings (SSSR count). The first kappa shape index (κ1) is 14.9. The Morgan fingerprint density at radius 2 is 2.16 bits per heavy atom. The van der Waals surface area contributed by atoms with E-state index in [2.05, 4.69) is 10.2 Å². The Hall–Kier alpha value is -0.550. The van der Waals surface area contributed by atoms with Gasteiger partial charge in [0.25, 0.3) is 0 Å². The van der Waals surface area contributed by atoms with E-state index in [-0.39, 0.29) is 5.78 Å². The third-order valence-corrected chi connectivity index (χ3v) is 4.36. The molecular weight excluding hydrogens is 280 g/mol. The predicted molar refractivity (Wildman–Crippen MR) is 81.5 cm³/mol. The number of nitrogens with zero attached hydrogens (tertiary/aromatic N) is 1. The van der Waals surface area contributed by atoms with Gasteiger partial charge in [0.05, 0.1) is 0 Å². The molecule has 1 aromatic carbocycles. The van der Waals surface area contributed by atoms with E-state index in [1.54, 1.807) is 17.8 Å². The molecule has 0 amide bonds. The molecule has 1 fully saturated rings. The average molecular weight is 299 g/mol. The first-order valence-electron chi connectivity index (χ1n) is 6.50. The summed E-state index contributed by atoms with van der Waals surface area (Å²) in [5, 5.41) is 3.94. The van der Waals surface area contributed by atoms with Crippen LogP contribution in [0, 0.1) is 0 Å². The molecule has 1 aliphatic heterocycles. The maximum atomic E-state index is 12.3. The van der Waals surface area contributed by atoms with Crippen LogP contribution >= 0.6 is 23.4 Å². The summed E-state index contributed by atoms with van der Waals surface area (Å²) in [6.45, 7) is 4.92. The Kier molecular flexibility index (Phi) is 5.70. The molecule has 0 atom stereocenters. The lowest BCUT2D eigenvalue weighted by molar-refractivity contribution is 0.0958. The van der Waals surface area contributed by atoms with Crippen LogP contribution in [0.5, 0.6) is 0 Å². The zero-order chi connectivity index (χ0) is 13.7. The highest BCUT2D eigenvalue weighted by Gasteiger charge is 2.15. The van der Waals surface area contributed by atoms with Crippen molar-refractivity contribution in [1.29, 1.82) is 0 Å². The Morgan fingerprint density at radius 3 is 2.84 bits per heavy atom. The Balaban J connectivity index is 1.97. The zero-order valence-corrected chi connectivity index (χ0v) is 12.7. The van der Waals surface area contributed by atoms with Gasteiger partial charge < -0.3 is 10.2 Å². The molecule has 1 heterocycles. The van der Waals surface area contributed by atoms with Gasteiger partial charge in [-0.25, -0.2) is 0 Å². The van der Waals surface area contributed by atoms with Gasteiger partial charge in [-0.05, 0) is 24.5 Å². The number of benzene rings is 1. The van der Waals surface area contributed by atoms with E-state index in [9.17, 15) is 4.79 Å². The molecule has 0 unspecified atom stereocenters. The number of ketones is 1. The molecule has 0 radical (unpaired) electrons. The molecule has 0 bridgehead atoms. The molecule has 0 aromatic heterocycles. The summed E-state index contributed by atoms with van der Waals surface area (Å²) in [6.07, 6.45) is 2.55. The number of rotatable bonds is 5. The third-order valence-electron chi connectivity index (χ3n) is 3.33. The van der Waals surface area contributed by atoms with Crippen LogP contribution in [-0.4, -0.2) is 49.7 Å². The van der Waals surface area contributed by atoms with Gasteiger partial charge in [-0.2, -0.15) is 0 Å². The highest BCUT2D eigenvalue weighted by atomic mass is 35.5. The van der Waals surface area contributed by atoms with E-state index in [4.69, 9.17) is 11.6 Å². The van der Waals surface area contributed by atoms with Crippen molar-refractivity contribution in [3.8, 4) is 0 Å². The van der Waals surface area contributed by atoms with E-state index in [1.807, 2.05) is 18.4 Å². The molecule has 19 heavy (non-hydrogen) atoms. The van der Waals surface area contributed by atoms with Gasteiger partial charge in [0.2, 0.25) is 0 Å². The molecule has 1 aromatic rings. The first-order valence-corrected chi connectivity index (χ1v) is 8.11. The van der Waals surface area contributed by atoms with E-state index in [0.717, 1.165) is 43.2 Å². The summed E-state index contributed by atoms with van der Waals surface area (Å²) in [5.41, 5.74) is 0.759. The molecular formula is C14H19ClN2OS. The van der Waals surface area contributed by atoms with Gasteiger partial charge in [-0.1, -0.05) is 11.6 Å². The fraction of sp³-hybridized carbons (Fsp3) is 0.500. The number of thioether (sulfide) groups is 1. The molecule has 1 aliphatic rings. The summed E-state index contributed by atoms with van der Waals surface area (Å²) >= 11 is 7.58. The van der Waals surface area contributed by atoms with Gasteiger partial charge in [-0.3, -0.25) is 4.79 Å². The largest absolute Gasteiger partial charge is 0.314 e. The van der Waals surface area contributed by atoms with Crippen LogP contribution in [0.1, 0.15) is 16.8 Å². The minimum atomic E-state index is 0.186. The third kappa shape index (κ3) is 4.21. The van der Waals surface area contributed by atoms with Crippen molar-refractivity contribution in [2.45, 2.75) is 11.3 Å². The second kappa shape index (κ2) is 7.29. The monoisotopic (exact) mass is 298 g/mol. The van der Waals surface area contributed by atoms with Gasteiger partial charge in [0, 0.05) is 54.6 Å². The number of hydrogen-bond donors (Lipinski definition) is 1. The van der Waals surface area contributed by atoms with Gasteiger partial charge in [0.15, 0.2) is 5.78 Å². The van der Waals surface area contributed by atoms with Crippen molar-refractivity contribution < 1.29 is 4.79 Å². The number of carbonyl (C=O) groups excluding carboxylic acids is 1. The van der Waals surface area contributed by atoms with E-state index in [0.29, 0.717) is 11.4 Å². The van der Waals surface area contributed by atoms with Crippen molar-refractivity contribution in [3.05, 3.63) is 28.8 Å². The van der Waals surface area contributed by atoms with E-state index in [1.165, 1.54) is 0 Å². The fourth-order valence-electron chi connectivity index (χ4n) is 2.23. The SMILES string of the molecule is CSc1ccc(Cl)cc1C(=O)CCN1CCNCC1. The minimum Gasteiger partial charge on any atom is -0.314 e. The van der Waals surface area contributed by atoms with Crippen molar-refractivity contribution in [2.24, 2.45) is 0 Å². The lowest BCUT2D eigenvalue weighted by Crippen LogP contribution is -2.44. The molecule has 1 saturated heterocycles. The first-order chi connectivity index (χ1) is 9.20.